The molecule has 35 heavy (non-hydrogen) atoms. The Kier molecular flexibility index (Phi) is 9.00. The molecule has 3 rings (SSSR count). The van der Waals surface area contributed by atoms with Gasteiger partial charge in [-0.05, 0) is 77.4 Å². The number of hydrogen-bond acceptors (Lipinski definition) is 2. The molecule has 0 fully saturated rings. The minimum atomic E-state index is -0.742. The number of aryl methyl sites for hydroxylation is 2. The van der Waals surface area contributed by atoms with Gasteiger partial charge < -0.3 is 5.11 Å². The fourth-order valence-electron chi connectivity index (χ4n) is 3.48. The van der Waals surface area contributed by atoms with Crippen molar-refractivity contribution in [2.24, 2.45) is 4.99 Å². The lowest BCUT2D eigenvalue weighted by Crippen LogP contribution is -2.17. The highest BCUT2D eigenvalue weighted by atomic mass is 31.0. The maximum Gasteiger partial charge on any atom is 0.162 e. The van der Waals surface area contributed by atoms with Gasteiger partial charge in [0.05, 0.1) is 5.69 Å². The van der Waals surface area contributed by atoms with Crippen molar-refractivity contribution in [2.75, 3.05) is 0 Å². The van der Waals surface area contributed by atoms with Gasteiger partial charge >= 0.3 is 0 Å². The van der Waals surface area contributed by atoms with Gasteiger partial charge in [-0.15, -0.1) is 9.24 Å². The van der Waals surface area contributed by atoms with Gasteiger partial charge in [0.2, 0.25) is 0 Å². The van der Waals surface area contributed by atoms with Crippen LogP contribution in [0.5, 0.6) is 5.75 Å². The summed E-state index contributed by atoms with van der Waals surface area (Å²) in [6, 6.07) is 13.8. The topological polar surface area (TPSA) is 32.6 Å². The lowest BCUT2D eigenvalue weighted by molar-refractivity contribution is 0.444. The van der Waals surface area contributed by atoms with Gasteiger partial charge in [0.25, 0.3) is 0 Å². The highest BCUT2D eigenvalue weighted by molar-refractivity contribution is 7.27. The summed E-state index contributed by atoms with van der Waals surface area (Å²) >= 11 is 0. The molecule has 1 unspecified atom stereocenters. The van der Waals surface area contributed by atoms with Gasteiger partial charge in [-0.2, -0.15) is 0 Å². The summed E-state index contributed by atoms with van der Waals surface area (Å²) in [6.45, 7) is 18.1. The van der Waals surface area contributed by atoms with Crippen LogP contribution in [0.2, 0.25) is 0 Å². The minimum absolute atomic E-state index is 0.0129. The minimum Gasteiger partial charge on any atom is -0.507 e. The number of aromatic hydroxyl groups is 1. The van der Waals surface area contributed by atoms with E-state index in [0.717, 1.165) is 22.4 Å². The second-order valence-corrected chi connectivity index (χ2v) is 11.7. The molecule has 2 nitrogen and oxygen atoms in total. The van der Waals surface area contributed by atoms with Crippen LogP contribution in [-0.4, -0.2) is 11.3 Å². The fourth-order valence-corrected chi connectivity index (χ4v) is 3.85. The molecule has 0 saturated carbocycles. The molecule has 0 aliphatic rings. The Morgan fingerprint density at radius 2 is 1.43 bits per heavy atom. The van der Waals surface area contributed by atoms with E-state index in [0.29, 0.717) is 22.2 Å². The van der Waals surface area contributed by atoms with E-state index in [-0.39, 0.29) is 10.8 Å². The van der Waals surface area contributed by atoms with Crippen molar-refractivity contribution < 1.29 is 13.9 Å². The first-order valence-electron chi connectivity index (χ1n) is 11.7. The van der Waals surface area contributed by atoms with Crippen molar-refractivity contribution in [3.05, 3.63) is 87.5 Å². The zero-order valence-corrected chi connectivity index (χ0v) is 23.5. The van der Waals surface area contributed by atoms with E-state index in [9.17, 15) is 13.9 Å². The standard InChI is InChI=1S/C22H29NO.C8H9F2P/c1-15-10-8-9-11-19(15)23-14-16-12-17(21(2,3)4)13-18(20(16)24)22(5,6)7;1-4-3-6(11)5(2)8(10)7(4)9/h8-14,24H,1-7H3;3H,11H2,1-2H3. The van der Waals surface area contributed by atoms with Crippen LogP contribution >= 0.6 is 9.24 Å². The van der Waals surface area contributed by atoms with Crippen LogP contribution in [0.1, 0.15) is 74.9 Å². The maximum absolute atomic E-state index is 12.9. The first-order valence-corrected chi connectivity index (χ1v) is 12.3. The van der Waals surface area contributed by atoms with Crippen LogP contribution in [-0.2, 0) is 10.8 Å². The number of nitrogens with zero attached hydrogens (tertiary/aromatic N) is 1. The smallest absolute Gasteiger partial charge is 0.162 e. The molecule has 0 spiro atoms. The molecular formula is C30H38F2NOP. The molecular weight excluding hydrogens is 459 g/mol. The van der Waals surface area contributed by atoms with Crippen LogP contribution in [0.4, 0.5) is 14.5 Å². The van der Waals surface area contributed by atoms with Crippen LogP contribution in [0.25, 0.3) is 0 Å². The van der Waals surface area contributed by atoms with E-state index < -0.39 is 11.6 Å². The molecule has 1 N–H and O–H groups in total. The third-order valence-corrected chi connectivity index (χ3v) is 6.54. The van der Waals surface area contributed by atoms with E-state index in [1.165, 1.54) is 5.56 Å². The third kappa shape index (κ3) is 7.21. The molecule has 0 aliphatic heterocycles. The molecule has 0 amide bonds. The Morgan fingerprint density at radius 1 is 0.829 bits per heavy atom. The second-order valence-electron chi connectivity index (χ2n) is 11.0. The summed E-state index contributed by atoms with van der Waals surface area (Å²) < 4.78 is 25.7. The largest absolute Gasteiger partial charge is 0.507 e. The van der Waals surface area contributed by atoms with Crippen LogP contribution in [0, 0.1) is 32.4 Å². The van der Waals surface area contributed by atoms with Crippen molar-refractivity contribution in [1.29, 1.82) is 0 Å². The van der Waals surface area contributed by atoms with Crippen molar-refractivity contribution in [3.8, 4) is 5.75 Å². The summed E-state index contributed by atoms with van der Waals surface area (Å²) in [6.07, 6.45) is 1.78. The Balaban J connectivity index is 0.000000328. The Labute approximate surface area is 211 Å². The van der Waals surface area contributed by atoms with Crippen molar-refractivity contribution >= 4 is 26.4 Å². The lowest BCUT2D eigenvalue weighted by Gasteiger charge is -2.27. The Hall–Kier alpha value is -2.58. The lowest BCUT2D eigenvalue weighted by atomic mass is 9.79. The van der Waals surface area contributed by atoms with Gasteiger partial charge in [0.15, 0.2) is 11.6 Å². The molecule has 0 bridgehead atoms. The van der Waals surface area contributed by atoms with Gasteiger partial charge in [0.1, 0.15) is 5.75 Å². The molecule has 5 heteroatoms. The Bertz CT molecular complexity index is 1210. The zero-order chi connectivity index (χ0) is 26.7. The van der Waals surface area contributed by atoms with Crippen LogP contribution < -0.4 is 5.30 Å². The maximum atomic E-state index is 12.9. The molecule has 3 aromatic rings. The molecule has 0 heterocycles. The number of halogens is 2. The number of rotatable bonds is 2. The normalized spacial score (nSPS) is 12.0. The monoisotopic (exact) mass is 497 g/mol. The number of aliphatic imine (C=N–C) groups is 1. The molecule has 0 aliphatic carbocycles. The zero-order valence-electron chi connectivity index (χ0n) is 22.3. The number of benzene rings is 3. The van der Waals surface area contributed by atoms with E-state index >= 15 is 0 Å². The highest BCUT2D eigenvalue weighted by Gasteiger charge is 2.24. The van der Waals surface area contributed by atoms with Crippen molar-refractivity contribution in [1.82, 2.24) is 0 Å². The summed E-state index contributed by atoms with van der Waals surface area (Å²) in [5, 5.41) is 11.5. The summed E-state index contributed by atoms with van der Waals surface area (Å²) in [4.78, 5) is 4.60. The summed E-state index contributed by atoms with van der Waals surface area (Å²) in [5.74, 6) is -1.16. The number of phenols is 1. The van der Waals surface area contributed by atoms with Crippen molar-refractivity contribution in [3.63, 3.8) is 0 Å². The second kappa shape index (κ2) is 11.0. The molecule has 188 valence electrons. The van der Waals surface area contributed by atoms with E-state index in [4.69, 9.17) is 0 Å². The van der Waals surface area contributed by atoms with Crippen LogP contribution in [0.3, 0.4) is 0 Å². The average molecular weight is 498 g/mol. The number of para-hydroxylation sites is 1. The Morgan fingerprint density at radius 3 is 1.97 bits per heavy atom. The average Bonchev–Trinajstić information content (AvgIpc) is 2.75. The fraction of sp³-hybridized carbons (Fsp3) is 0.367. The summed E-state index contributed by atoms with van der Waals surface area (Å²) in [5.41, 5.74) is 5.58. The first kappa shape index (κ1) is 28.7. The predicted molar refractivity (Wildman–Crippen MR) is 149 cm³/mol. The highest BCUT2D eigenvalue weighted by Crippen LogP contribution is 2.37. The predicted octanol–water partition coefficient (Wildman–Crippen LogP) is 8.13. The molecule has 0 aromatic heterocycles. The van der Waals surface area contributed by atoms with Gasteiger partial charge in [-0.25, -0.2) is 8.78 Å². The molecule has 0 saturated heterocycles. The van der Waals surface area contributed by atoms with Gasteiger partial charge in [0, 0.05) is 17.3 Å². The number of phenolic OH excluding ortho intramolecular Hbond substituents is 1. The van der Waals surface area contributed by atoms with Gasteiger partial charge in [-0.1, -0.05) is 65.8 Å². The first-order chi connectivity index (χ1) is 16.0. The third-order valence-electron chi connectivity index (χ3n) is 5.94. The van der Waals surface area contributed by atoms with E-state index in [1.54, 1.807) is 26.1 Å². The molecule has 3 aromatic carbocycles. The summed E-state index contributed by atoms with van der Waals surface area (Å²) in [7, 11) is 2.37. The van der Waals surface area contributed by atoms with E-state index in [2.05, 4.69) is 61.8 Å². The van der Waals surface area contributed by atoms with Gasteiger partial charge in [-0.3, -0.25) is 4.99 Å². The quantitative estimate of drug-likeness (QED) is 0.281. The molecule has 0 radical (unpaired) electrons. The van der Waals surface area contributed by atoms with Crippen LogP contribution in [0.15, 0.2) is 47.5 Å². The molecule has 1 atom stereocenters. The SMILES string of the molecule is Cc1cc(P)c(C)c(F)c1F.Cc1ccccc1N=Cc1cc(C(C)(C)C)cc(C(C)(C)C)c1O. The van der Waals surface area contributed by atoms with E-state index in [1.807, 2.05) is 37.3 Å². The number of hydrogen-bond donors (Lipinski definition) is 1. The van der Waals surface area contributed by atoms with Crippen molar-refractivity contribution in [2.45, 2.75) is 73.1 Å².